The number of benzene rings is 2. The molecular weight excluding hydrogens is 504 g/mol. The maximum Gasteiger partial charge on any atom is 0.244 e. The summed E-state index contributed by atoms with van der Waals surface area (Å²) in [5.74, 6) is -1.70. The van der Waals surface area contributed by atoms with Crippen LogP contribution in [0.4, 0.5) is 10.1 Å². The monoisotopic (exact) mass is 531 g/mol. The Labute approximate surface area is 209 Å². The Hall–Kier alpha value is -2.36. The minimum absolute atomic E-state index is 0.0328. The summed E-state index contributed by atoms with van der Waals surface area (Å²) in [7, 11) is -3.94. The van der Waals surface area contributed by atoms with E-state index >= 15 is 0 Å². The summed E-state index contributed by atoms with van der Waals surface area (Å²) >= 11 is 11.8. The lowest BCUT2D eigenvalue weighted by atomic mass is 10.1. The van der Waals surface area contributed by atoms with E-state index in [4.69, 9.17) is 23.2 Å². The van der Waals surface area contributed by atoms with Crippen LogP contribution in [0.2, 0.25) is 10.0 Å². The molecule has 11 heteroatoms. The largest absolute Gasteiger partial charge is 0.352 e. The standard InChI is InChI=1S/C23H28Cl2FN3O4S/c1-5-15(2)27-23(31)16(3)28(13-17-6-8-18(24)9-7-17)22(30)14-29(34(4,32)33)19-10-11-21(26)20(25)12-19/h6-12,15-16H,5,13-14H2,1-4H3,(H,27,31). The number of carbonyl (C=O) groups is 2. The van der Waals surface area contributed by atoms with Crippen molar-refractivity contribution in [3.8, 4) is 0 Å². The highest BCUT2D eigenvalue weighted by molar-refractivity contribution is 7.92. The second-order valence-electron chi connectivity index (χ2n) is 8.01. The summed E-state index contributed by atoms with van der Waals surface area (Å²) in [6.07, 6.45) is 1.64. The molecular formula is C23H28Cl2FN3O4S. The maximum atomic E-state index is 13.6. The lowest BCUT2D eigenvalue weighted by Crippen LogP contribution is -2.52. The maximum absolute atomic E-state index is 13.6. The molecule has 2 aromatic rings. The van der Waals surface area contributed by atoms with Crippen LogP contribution in [0.3, 0.4) is 0 Å². The fraction of sp³-hybridized carbons (Fsp3) is 0.391. The Morgan fingerprint density at radius 2 is 1.71 bits per heavy atom. The second kappa shape index (κ2) is 11.9. The molecule has 0 saturated carbocycles. The molecule has 0 aromatic heterocycles. The Morgan fingerprint density at radius 1 is 1.09 bits per heavy atom. The molecule has 34 heavy (non-hydrogen) atoms. The van der Waals surface area contributed by atoms with Gasteiger partial charge in [-0.15, -0.1) is 0 Å². The fourth-order valence-corrected chi connectivity index (χ4v) is 4.23. The normalized spacial score (nSPS) is 13.1. The predicted molar refractivity (Wildman–Crippen MR) is 133 cm³/mol. The molecule has 0 spiro atoms. The average Bonchev–Trinajstić information content (AvgIpc) is 2.77. The average molecular weight is 532 g/mol. The van der Waals surface area contributed by atoms with E-state index in [2.05, 4.69) is 5.32 Å². The van der Waals surface area contributed by atoms with Gasteiger partial charge >= 0.3 is 0 Å². The molecule has 2 rings (SSSR count). The zero-order valence-corrected chi connectivity index (χ0v) is 21.7. The molecule has 2 atom stereocenters. The van der Waals surface area contributed by atoms with Crippen molar-refractivity contribution in [3.63, 3.8) is 0 Å². The molecule has 0 aliphatic carbocycles. The molecule has 2 aromatic carbocycles. The second-order valence-corrected chi connectivity index (χ2v) is 10.8. The number of amides is 2. The molecule has 0 saturated heterocycles. The fourth-order valence-electron chi connectivity index (χ4n) is 3.09. The summed E-state index contributed by atoms with van der Waals surface area (Å²) in [6.45, 7) is 4.79. The lowest BCUT2D eigenvalue weighted by molar-refractivity contribution is -0.139. The first kappa shape index (κ1) is 27.9. The van der Waals surface area contributed by atoms with Crippen LogP contribution in [-0.2, 0) is 26.2 Å². The molecule has 186 valence electrons. The molecule has 0 bridgehead atoms. The minimum Gasteiger partial charge on any atom is -0.352 e. The topological polar surface area (TPSA) is 86.8 Å². The van der Waals surface area contributed by atoms with Gasteiger partial charge in [0.2, 0.25) is 21.8 Å². The van der Waals surface area contributed by atoms with E-state index in [1.54, 1.807) is 31.2 Å². The third kappa shape index (κ3) is 7.58. The predicted octanol–water partition coefficient (Wildman–Crippen LogP) is 4.23. The quantitative estimate of drug-likeness (QED) is 0.496. The molecule has 2 amide bonds. The molecule has 7 nitrogen and oxygen atoms in total. The van der Waals surface area contributed by atoms with Gasteiger partial charge in [-0.25, -0.2) is 12.8 Å². The van der Waals surface area contributed by atoms with Crippen molar-refractivity contribution in [1.29, 1.82) is 0 Å². The lowest BCUT2D eigenvalue weighted by Gasteiger charge is -2.32. The van der Waals surface area contributed by atoms with Crippen LogP contribution in [0.15, 0.2) is 42.5 Å². The smallest absolute Gasteiger partial charge is 0.244 e. The van der Waals surface area contributed by atoms with Crippen molar-refractivity contribution < 1.29 is 22.4 Å². The number of sulfonamides is 1. The number of halogens is 3. The molecule has 0 heterocycles. The van der Waals surface area contributed by atoms with Crippen LogP contribution in [0.5, 0.6) is 0 Å². The van der Waals surface area contributed by atoms with Crippen molar-refractivity contribution in [2.24, 2.45) is 0 Å². The van der Waals surface area contributed by atoms with Gasteiger partial charge in [-0.1, -0.05) is 42.3 Å². The van der Waals surface area contributed by atoms with E-state index in [-0.39, 0.29) is 29.2 Å². The molecule has 2 unspecified atom stereocenters. The van der Waals surface area contributed by atoms with Gasteiger partial charge in [0.25, 0.3) is 0 Å². The van der Waals surface area contributed by atoms with Gasteiger partial charge in [-0.05, 0) is 56.2 Å². The van der Waals surface area contributed by atoms with E-state index in [0.29, 0.717) is 17.0 Å². The van der Waals surface area contributed by atoms with E-state index < -0.39 is 34.3 Å². The number of rotatable bonds is 10. The first-order valence-corrected chi connectivity index (χ1v) is 13.2. The molecule has 0 fully saturated rings. The van der Waals surface area contributed by atoms with Crippen molar-refractivity contribution in [2.75, 3.05) is 17.1 Å². The number of hydrogen-bond donors (Lipinski definition) is 1. The van der Waals surface area contributed by atoms with Crippen LogP contribution in [-0.4, -0.2) is 50.0 Å². The zero-order chi connectivity index (χ0) is 25.6. The summed E-state index contributed by atoms with van der Waals surface area (Å²) in [5.41, 5.74) is 0.738. The van der Waals surface area contributed by atoms with Crippen LogP contribution >= 0.6 is 23.2 Å². The van der Waals surface area contributed by atoms with Gasteiger partial charge in [-0.3, -0.25) is 13.9 Å². The van der Waals surface area contributed by atoms with Gasteiger partial charge in [0.1, 0.15) is 18.4 Å². The number of nitrogens with one attached hydrogen (secondary N) is 1. The van der Waals surface area contributed by atoms with Crippen molar-refractivity contribution in [3.05, 3.63) is 63.9 Å². The number of carbonyl (C=O) groups excluding carboxylic acids is 2. The Kier molecular flexibility index (Phi) is 9.73. The minimum atomic E-state index is -3.94. The van der Waals surface area contributed by atoms with Crippen molar-refractivity contribution in [2.45, 2.75) is 45.8 Å². The van der Waals surface area contributed by atoms with Crippen LogP contribution in [0.1, 0.15) is 32.8 Å². The Balaban J connectivity index is 2.39. The van der Waals surface area contributed by atoms with Crippen LogP contribution in [0.25, 0.3) is 0 Å². The van der Waals surface area contributed by atoms with E-state index in [1.807, 2.05) is 13.8 Å². The van der Waals surface area contributed by atoms with Crippen LogP contribution in [0, 0.1) is 5.82 Å². The van der Waals surface area contributed by atoms with Gasteiger partial charge in [0.05, 0.1) is 17.0 Å². The highest BCUT2D eigenvalue weighted by Crippen LogP contribution is 2.25. The first-order chi connectivity index (χ1) is 15.8. The zero-order valence-electron chi connectivity index (χ0n) is 19.4. The summed E-state index contributed by atoms with van der Waals surface area (Å²) in [4.78, 5) is 27.5. The third-order valence-electron chi connectivity index (χ3n) is 5.30. The van der Waals surface area contributed by atoms with E-state index in [9.17, 15) is 22.4 Å². The molecule has 0 aliphatic rings. The highest BCUT2D eigenvalue weighted by atomic mass is 35.5. The van der Waals surface area contributed by atoms with Gasteiger partial charge in [-0.2, -0.15) is 0 Å². The van der Waals surface area contributed by atoms with E-state index in [1.165, 1.54) is 11.0 Å². The van der Waals surface area contributed by atoms with Crippen LogP contribution < -0.4 is 9.62 Å². The van der Waals surface area contributed by atoms with E-state index in [0.717, 1.165) is 22.7 Å². The molecule has 0 radical (unpaired) electrons. The number of anilines is 1. The Bertz CT molecular complexity index is 1130. The SMILES string of the molecule is CCC(C)NC(=O)C(C)N(Cc1ccc(Cl)cc1)C(=O)CN(c1ccc(F)c(Cl)c1)S(C)(=O)=O. The number of hydrogen-bond acceptors (Lipinski definition) is 4. The summed E-state index contributed by atoms with van der Waals surface area (Å²) < 4.78 is 39.4. The summed E-state index contributed by atoms with van der Waals surface area (Å²) in [5, 5.41) is 3.08. The number of nitrogens with zero attached hydrogens (tertiary/aromatic N) is 2. The molecule has 1 N–H and O–H groups in total. The van der Waals surface area contributed by atoms with Crippen molar-refractivity contribution in [1.82, 2.24) is 10.2 Å². The molecule has 0 aliphatic heterocycles. The Morgan fingerprint density at radius 3 is 2.24 bits per heavy atom. The first-order valence-electron chi connectivity index (χ1n) is 10.6. The highest BCUT2D eigenvalue weighted by Gasteiger charge is 2.30. The summed E-state index contributed by atoms with van der Waals surface area (Å²) in [6, 6.07) is 9.14. The van der Waals surface area contributed by atoms with Gasteiger partial charge in [0.15, 0.2) is 0 Å². The van der Waals surface area contributed by atoms with Gasteiger partial charge in [0, 0.05) is 17.6 Å². The van der Waals surface area contributed by atoms with Crippen molar-refractivity contribution >= 4 is 50.7 Å². The third-order valence-corrected chi connectivity index (χ3v) is 6.99. The van der Waals surface area contributed by atoms with Gasteiger partial charge < -0.3 is 10.2 Å².